The fourth-order valence-electron chi connectivity index (χ4n) is 2.30. The van der Waals surface area contributed by atoms with Crippen molar-refractivity contribution in [3.63, 3.8) is 0 Å². The Hall–Kier alpha value is -2.76. The Kier molecular flexibility index (Phi) is 4.09. The third-order valence-electron chi connectivity index (χ3n) is 3.39. The lowest BCUT2D eigenvalue weighted by Gasteiger charge is -2.11. The lowest BCUT2D eigenvalue weighted by Crippen LogP contribution is -2.41. The van der Waals surface area contributed by atoms with Crippen LogP contribution in [0.4, 0.5) is 0 Å². The van der Waals surface area contributed by atoms with Crippen LogP contribution in [-0.2, 0) is 11.2 Å². The number of benzene rings is 1. The van der Waals surface area contributed by atoms with Gasteiger partial charge in [0.2, 0.25) is 0 Å². The molecule has 6 heteroatoms. The van der Waals surface area contributed by atoms with Gasteiger partial charge in [-0.05, 0) is 23.8 Å². The summed E-state index contributed by atoms with van der Waals surface area (Å²) < 4.78 is 10.6. The Labute approximate surface area is 127 Å². The number of rotatable bonds is 5. The van der Waals surface area contributed by atoms with Gasteiger partial charge in [-0.1, -0.05) is 18.2 Å². The second-order valence-corrected chi connectivity index (χ2v) is 4.94. The van der Waals surface area contributed by atoms with Gasteiger partial charge in [0.15, 0.2) is 11.9 Å². The first-order chi connectivity index (χ1) is 10.7. The van der Waals surface area contributed by atoms with E-state index in [-0.39, 0.29) is 17.6 Å². The van der Waals surface area contributed by atoms with E-state index in [0.29, 0.717) is 19.5 Å². The van der Waals surface area contributed by atoms with E-state index in [4.69, 9.17) is 9.15 Å². The van der Waals surface area contributed by atoms with Crippen molar-refractivity contribution in [3.05, 3.63) is 54.0 Å². The van der Waals surface area contributed by atoms with Crippen molar-refractivity contribution in [1.29, 1.82) is 0 Å². The molecule has 2 aromatic rings. The maximum Gasteiger partial charge on any atom is 0.287 e. The first-order valence-corrected chi connectivity index (χ1v) is 7.08. The minimum Gasteiger partial charge on any atom is -0.480 e. The highest BCUT2D eigenvalue weighted by molar-refractivity contribution is 5.91. The first kappa shape index (κ1) is 14.2. The zero-order valence-corrected chi connectivity index (χ0v) is 11.9. The van der Waals surface area contributed by atoms with Gasteiger partial charge in [0, 0.05) is 19.5 Å². The molecule has 0 radical (unpaired) electrons. The van der Waals surface area contributed by atoms with E-state index in [1.165, 1.54) is 6.26 Å². The number of amides is 2. The number of furan rings is 1. The molecule has 1 unspecified atom stereocenters. The highest BCUT2D eigenvalue weighted by Crippen LogP contribution is 2.27. The molecule has 6 nitrogen and oxygen atoms in total. The van der Waals surface area contributed by atoms with Gasteiger partial charge in [0.1, 0.15) is 5.75 Å². The summed E-state index contributed by atoms with van der Waals surface area (Å²) in [7, 11) is 0. The summed E-state index contributed by atoms with van der Waals surface area (Å²) in [5.41, 5.74) is 1.04. The van der Waals surface area contributed by atoms with E-state index in [1.54, 1.807) is 12.1 Å². The second-order valence-electron chi connectivity index (χ2n) is 4.94. The Morgan fingerprint density at radius 3 is 2.68 bits per heavy atom. The van der Waals surface area contributed by atoms with Gasteiger partial charge in [-0.3, -0.25) is 9.59 Å². The molecule has 0 bridgehead atoms. The molecule has 3 rings (SSSR count). The number of fused-ring (bicyclic) bond motifs is 1. The molecule has 0 fully saturated rings. The van der Waals surface area contributed by atoms with Crippen LogP contribution < -0.4 is 15.4 Å². The maximum absolute atomic E-state index is 12.0. The largest absolute Gasteiger partial charge is 0.480 e. The lowest BCUT2D eigenvalue weighted by atomic mass is 10.1. The molecule has 0 saturated carbocycles. The summed E-state index contributed by atoms with van der Waals surface area (Å²) in [6.45, 7) is 0.659. The Morgan fingerprint density at radius 2 is 1.91 bits per heavy atom. The van der Waals surface area contributed by atoms with Crippen LogP contribution in [0.3, 0.4) is 0 Å². The molecule has 22 heavy (non-hydrogen) atoms. The molecule has 2 amide bonds. The molecule has 1 aliphatic rings. The Balaban J connectivity index is 1.40. The molecule has 1 atom stereocenters. The molecular formula is C16H16N2O4. The van der Waals surface area contributed by atoms with E-state index in [9.17, 15) is 9.59 Å². The van der Waals surface area contributed by atoms with Crippen molar-refractivity contribution < 1.29 is 18.7 Å². The third-order valence-corrected chi connectivity index (χ3v) is 3.39. The first-order valence-electron chi connectivity index (χ1n) is 7.08. The van der Waals surface area contributed by atoms with Gasteiger partial charge in [0.25, 0.3) is 11.8 Å². The summed E-state index contributed by atoms with van der Waals surface area (Å²) in [4.78, 5) is 23.6. The number of nitrogens with one attached hydrogen (secondary N) is 2. The average molecular weight is 300 g/mol. The Morgan fingerprint density at radius 1 is 1.09 bits per heavy atom. The van der Waals surface area contributed by atoms with Crippen molar-refractivity contribution in [2.24, 2.45) is 0 Å². The van der Waals surface area contributed by atoms with E-state index < -0.39 is 6.10 Å². The van der Waals surface area contributed by atoms with Gasteiger partial charge in [-0.15, -0.1) is 0 Å². The molecule has 0 aliphatic carbocycles. The third kappa shape index (κ3) is 3.11. The predicted octanol–water partition coefficient (Wildman–Crippen LogP) is 1.13. The summed E-state index contributed by atoms with van der Waals surface area (Å²) in [6.07, 6.45) is 1.50. The quantitative estimate of drug-likeness (QED) is 0.811. The average Bonchev–Trinajstić information content (AvgIpc) is 3.19. The number of carbonyl (C=O) groups excluding carboxylic acids is 2. The normalized spacial score (nSPS) is 15.7. The van der Waals surface area contributed by atoms with Crippen molar-refractivity contribution in [2.75, 3.05) is 13.1 Å². The fourth-order valence-corrected chi connectivity index (χ4v) is 2.30. The number of para-hydroxylation sites is 1. The van der Waals surface area contributed by atoms with Crippen LogP contribution in [-0.4, -0.2) is 31.0 Å². The molecule has 114 valence electrons. The number of hydrogen-bond acceptors (Lipinski definition) is 4. The SMILES string of the molecule is O=C(NCCNC(=O)C1Cc2ccccc2O1)c1ccco1. The molecule has 2 heterocycles. The van der Waals surface area contributed by atoms with Gasteiger partial charge < -0.3 is 19.8 Å². The van der Waals surface area contributed by atoms with E-state index in [2.05, 4.69) is 10.6 Å². The van der Waals surface area contributed by atoms with Crippen LogP contribution in [0.2, 0.25) is 0 Å². The summed E-state index contributed by atoms with van der Waals surface area (Å²) in [6, 6.07) is 10.8. The van der Waals surface area contributed by atoms with Crippen molar-refractivity contribution in [3.8, 4) is 5.75 Å². The maximum atomic E-state index is 12.0. The summed E-state index contributed by atoms with van der Waals surface area (Å²) in [5, 5.41) is 5.41. The van der Waals surface area contributed by atoms with Gasteiger partial charge in [-0.25, -0.2) is 0 Å². The van der Waals surface area contributed by atoms with E-state index in [1.807, 2.05) is 24.3 Å². The number of ether oxygens (including phenoxy) is 1. The lowest BCUT2D eigenvalue weighted by molar-refractivity contribution is -0.127. The van der Waals surface area contributed by atoms with Crippen LogP contribution >= 0.6 is 0 Å². The highest BCUT2D eigenvalue weighted by atomic mass is 16.5. The molecule has 0 spiro atoms. The predicted molar refractivity (Wildman–Crippen MR) is 78.6 cm³/mol. The zero-order chi connectivity index (χ0) is 15.4. The highest BCUT2D eigenvalue weighted by Gasteiger charge is 2.28. The van der Waals surface area contributed by atoms with Crippen molar-refractivity contribution in [1.82, 2.24) is 10.6 Å². The van der Waals surface area contributed by atoms with Crippen LogP contribution in [0, 0.1) is 0 Å². The monoisotopic (exact) mass is 300 g/mol. The molecule has 1 aromatic carbocycles. The standard InChI is InChI=1S/C16H16N2O4/c19-15(13-6-3-9-21-13)17-7-8-18-16(20)14-10-11-4-1-2-5-12(11)22-14/h1-6,9,14H,7-8,10H2,(H,17,19)(H,18,20). The fraction of sp³-hybridized carbons (Fsp3) is 0.250. The van der Waals surface area contributed by atoms with Crippen LogP contribution in [0.25, 0.3) is 0 Å². The summed E-state index contributed by atoms with van der Waals surface area (Å²) in [5.74, 6) is 0.530. The van der Waals surface area contributed by atoms with Gasteiger partial charge >= 0.3 is 0 Å². The molecular weight excluding hydrogens is 284 g/mol. The smallest absolute Gasteiger partial charge is 0.287 e. The molecule has 2 N–H and O–H groups in total. The minimum atomic E-state index is -0.502. The van der Waals surface area contributed by atoms with Gasteiger partial charge in [-0.2, -0.15) is 0 Å². The molecule has 0 saturated heterocycles. The topological polar surface area (TPSA) is 80.6 Å². The van der Waals surface area contributed by atoms with E-state index >= 15 is 0 Å². The number of carbonyl (C=O) groups is 2. The number of hydrogen-bond donors (Lipinski definition) is 2. The van der Waals surface area contributed by atoms with E-state index in [0.717, 1.165) is 11.3 Å². The van der Waals surface area contributed by atoms with Crippen molar-refractivity contribution in [2.45, 2.75) is 12.5 Å². The van der Waals surface area contributed by atoms with Crippen molar-refractivity contribution >= 4 is 11.8 Å². The van der Waals surface area contributed by atoms with Crippen LogP contribution in [0.1, 0.15) is 16.1 Å². The minimum absolute atomic E-state index is 0.177. The second kappa shape index (κ2) is 6.34. The van der Waals surface area contributed by atoms with Gasteiger partial charge in [0.05, 0.1) is 6.26 Å². The molecule has 1 aliphatic heterocycles. The molecule has 1 aromatic heterocycles. The van der Waals surface area contributed by atoms with Crippen LogP contribution in [0.15, 0.2) is 47.1 Å². The van der Waals surface area contributed by atoms with Crippen LogP contribution in [0.5, 0.6) is 5.75 Å². The summed E-state index contributed by atoms with van der Waals surface area (Å²) >= 11 is 0. The Bertz CT molecular complexity index is 642. The zero-order valence-electron chi connectivity index (χ0n) is 11.9.